The first-order chi connectivity index (χ1) is 4.36. The number of hydrogen-bond donors (Lipinski definition) is 0. The van der Waals surface area contributed by atoms with Gasteiger partial charge in [0.15, 0.2) is 0 Å². The predicted octanol–water partition coefficient (Wildman–Crippen LogP) is 2.31. The minimum atomic E-state index is 0.413. The topological polar surface area (TPSA) is 26.0 Å². The quantitative estimate of drug-likeness (QED) is 0.700. The molecule has 1 aromatic rings. The van der Waals surface area contributed by atoms with Crippen LogP contribution in [0.4, 0.5) is 0 Å². The molecular weight excluding hydrogens is 205 g/mol. The minimum Gasteiger partial charge on any atom is -0.360 e. The van der Waals surface area contributed by atoms with Gasteiger partial charge in [-0.15, -0.1) is 11.6 Å². The van der Waals surface area contributed by atoms with E-state index in [1.54, 1.807) is 0 Å². The molecule has 1 rings (SSSR count). The Morgan fingerprint density at radius 2 is 2.56 bits per heavy atom. The molecule has 0 fully saturated rings. The highest BCUT2D eigenvalue weighted by atomic mass is 79.9. The summed E-state index contributed by atoms with van der Waals surface area (Å²) in [5.74, 6) is 1.22. The molecule has 0 radical (unpaired) electrons. The van der Waals surface area contributed by atoms with Crippen LogP contribution < -0.4 is 0 Å². The molecule has 9 heavy (non-hydrogen) atoms. The molecule has 0 N–H and O–H groups in total. The molecule has 0 aliphatic heterocycles. The third kappa shape index (κ3) is 1.69. The smallest absolute Gasteiger partial charge is 0.147 e. The van der Waals surface area contributed by atoms with Gasteiger partial charge in [0.05, 0.1) is 16.9 Å². The van der Waals surface area contributed by atoms with Gasteiger partial charge in [-0.3, -0.25) is 0 Å². The van der Waals surface area contributed by atoms with Crippen LogP contribution in [0.15, 0.2) is 10.6 Å². The number of aromatic nitrogens is 1. The lowest BCUT2D eigenvalue weighted by Crippen LogP contribution is -1.70. The lowest BCUT2D eigenvalue weighted by molar-refractivity contribution is 0.391. The summed E-state index contributed by atoms with van der Waals surface area (Å²) in [7, 11) is 0. The van der Waals surface area contributed by atoms with Crippen LogP contribution in [0.1, 0.15) is 11.5 Å². The molecule has 1 heterocycles. The van der Waals surface area contributed by atoms with Crippen molar-refractivity contribution in [3.05, 3.63) is 17.5 Å². The summed E-state index contributed by atoms with van der Waals surface area (Å²) in [5.41, 5.74) is 0.783. The van der Waals surface area contributed by atoms with Gasteiger partial charge in [0.25, 0.3) is 0 Å². The fraction of sp³-hybridized carbons (Fsp3) is 0.400. The number of nitrogens with zero attached hydrogens (tertiary/aromatic N) is 1. The number of halogens is 2. The Bertz CT molecular complexity index is 170. The Hall–Kier alpha value is -0.0200. The van der Waals surface area contributed by atoms with Gasteiger partial charge >= 0.3 is 0 Å². The highest BCUT2D eigenvalue weighted by Gasteiger charge is 1.98. The average Bonchev–Trinajstić information content (AvgIpc) is 2.34. The second-order valence-electron chi connectivity index (χ2n) is 1.55. The molecule has 0 aliphatic carbocycles. The summed E-state index contributed by atoms with van der Waals surface area (Å²) in [6.07, 6.45) is 0. The van der Waals surface area contributed by atoms with Gasteiger partial charge in [-0.2, -0.15) is 0 Å². The Kier molecular flexibility index (Phi) is 2.54. The second-order valence-corrected chi connectivity index (χ2v) is 2.38. The van der Waals surface area contributed by atoms with Crippen LogP contribution in [0.3, 0.4) is 0 Å². The van der Waals surface area contributed by atoms with Crippen LogP contribution in [0, 0.1) is 0 Å². The first kappa shape index (κ1) is 7.09. The zero-order valence-electron chi connectivity index (χ0n) is 4.60. The van der Waals surface area contributed by atoms with E-state index >= 15 is 0 Å². The number of hydrogen-bond acceptors (Lipinski definition) is 2. The van der Waals surface area contributed by atoms with Crippen LogP contribution in [-0.4, -0.2) is 5.16 Å². The highest BCUT2D eigenvalue weighted by Crippen LogP contribution is 2.08. The zero-order valence-corrected chi connectivity index (χ0v) is 6.94. The summed E-state index contributed by atoms with van der Waals surface area (Å²) in [6.45, 7) is 0. The van der Waals surface area contributed by atoms with Crippen molar-refractivity contribution in [1.82, 2.24) is 5.16 Å². The van der Waals surface area contributed by atoms with Gasteiger partial charge in [0, 0.05) is 6.07 Å². The predicted molar refractivity (Wildman–Crippen MR) is 38.7 cm³/mol. The van der Waals surface area contributed by atoms with Crippen molar-refractivity contribution in [2.75, 3.05) is 0 Å². The summed E-state index contributed by atoms with van der Waals surface area (Å²) in [4.78, 5) is 0. The van der Waals surface area contributed by atoms with Crippen molar-refractivity contribution in [3.8, 4) is 0 Å². The number of alkyl halides is 2. The first-order valence-corrected chi connectivity index (χ1v) is 4.09. The Balaban J connectivity index is 2.74. The molecule has 0 aliphatic rings. The van der Waals surface area contributed by atoms with Gasteiger partial charge < -0.3 is 4.52 Å². The molecular formula is C5H5BrClNO. The van der Waals surface area contributed by atoms with Crippen LogP contribution in [0.5, 0.6) is 0 Å². The molecule has 0 spiro atoms. The zero-order chi connectivity index (χ0) is 6.69. The van der Waals surface area contributed by atoms with Gasteiger partial charge in [0.2, 0.25) is 0 Å². The van der Waals surface area contributed by atoms with E-state index in [9.17, 15) is 0 Å². The Morgan fingerprint density at radius 3 is 2.89 bits per heavy atom. The fourth-order valence-corrected chi connectivity index (χ4v) is 0.872. The third-order valence-corrected chi connectivity index (χ3v) is 1.70. The van der Waals surface area contributed by atoms with Crippen molar-refractivity contribution in [3.63, 3.8) is 0 Å². The largest absolute Gasteiger partial charge is 0.360 e. The third-order valence-electron chi connectivity index (χ3n) is 0.876. The normalized spacial score (nSPS) is 10.0. The van der Waals surface area contributed by atoms with Crippen molar-refractivity contribution in [1.29, 1.82) is 0 Å². The maximum absolute atomic E-state index is 5.46. The molecule has 0 aromatic carbocycles. The van der Waals surface area contributed by atoms with E-state index in [1.165, 1.54) is 0 Å². The summed E-state index contributed by atoms with van der Waals surface area (Å²) >= 11 is 8.68. The van der Waals surface area contributed by atoms with Crippen molar-refractivity contribution < 1.29 is 4.52 Å². The van der Waals surface area contributed by atoms with Crippen molar-refractivity contribution >= 4 is 27.5 Å². The Labute approximate surface area is 66.3 Å². The van der Waals surface area contributed by atoms with Crippen LogP contribution >= 0.6 is 27.5 Å². The van der Waals surface area contributed by atoms with Gasteiger partial charge in [0.1, 0.15) is 5.76 Å². The minimum absolute atomic E-state index is 0.413. The molecule has 0 unspecified atom stereocenters. The maximum Gasteiger partial charge on any atom is 0.147 e. The Morgan fingerprint density at radius 1 is 1.78 bits per heavy atom. The molecule has 0 atom stereocenters. The molecule has 0 saturated heterocycles. The molecule has 2 nitrogen and oxygen atoms in total. The SMILES string of the molecule is ClCc1cc(CBr)on1. The van der Waals surface area contributed by atoms with E-state index in [2.05, 4.69) is 21.1 Å². The molecule has 50 valence electrons. The molecule has 0 amide bonds. The summed E-state index contributed by atoms with van der Waals surface area (Å²) < 4.78 is 4.82. The summed E-state index contributed by atoms with van der Waals surface area (Å²) in [5, 5.41) is 4.36. The standard InChI is InChI=1S/C5H5BrClNO/c6-2-5-1-4(3-7)8-9-5/h1H,2-3H2. The van der Waals surface area contributed by atoms with E-state index in [-0.39, 0.29) is 0 Å². The van der Waals surface area contributed by atoms with Gasteiger partial charge in [-0.25, -0.2) is 0 Å². The first-order valence-electron chi connectivity index (χ1n) is 2.43. The molecule has 4 heteroatoms. The monoisotopic (exact) mass is 209 g/mol. The highest BCUT2D eigenvalue weighted by molar-refractivity contribution is 9.08. The van der Waals surface area contributed by atoms with Crippen LogP contribution in [-0.2, 0) is 11.2 Å². The molecule has 1 aromatic heterocycles. The molecule has 0 bridgehead atoms. The van der Waals surface area contributed by atoms with E-state index in [0.29, 0.717) is 11.2 Å². The second kappa shape index (κ2) is 3.22. The van der Waals surface area contributed by atoms with E-state index < -0.39 is 0 Å². The number of rotatable bonds is 2. The lowest BCUT2D eigenvalue weighted by Gasteiger charge is -1.75. The van der Waals surface area contributed by atoms with E-state index in [1.807, 2.05) is 6.07 Å². The van der Waals surface area contributed by atoms with E-state index in [0.717, 1.165) is 11.5 Å². The van der Waals surface area contributed by atoms with Crippen molar-refractivity contribution in [2.45, 2.75) is 11.2 Å². The maximum atomic E-state index is 5.46. The average molecular weight is 210 g/mol. The van der Waals surface area contributed by atoms with E-state index in [4.69, 9.17) is 16.1 Å². The van der Waals surface area contributed by atoms with Crippen LogP contribution in [0.25, 0.3) is 0 Å². The van der Waals surface area contributed by atoms with Crippen molar-refractivity contribution in [2.24, 2.45) is 0 Å². The fourth-order valence-electron chi connectivity index (χ4n) is 0.482. The lowest BCUT2D eigenvalue weighted by atomic mass is 10.4. The summed E-state index contributed by atoms with van der Waals surface area (Å²) in [6, 6.07) is 1.82. The van der Waals surface area contributed by atoms with Gasteiger partial charge in [-0.1, -0.05) is 21.1 Å². The van der Waals surface area contributed by atoms with Gasteiger partial charge in [-0.05, 0) is 0 Å². The molecule has 0 saturated carbocycles. The van der Waals surface area contributed by atoms with Crippen LogP contribution in [0.2, 0.25) is 0 Å².